The number of carbonyl (C=O) groups is 3. The number of nitriles is 1. The number of anilines is 1. The minimum Gasteiger partial charge on any atom is -0.428 e. The van der Waals surface area contributed by atoms with E-state index in [1.165, 1.54) is 53.9 Å². The summed E-state index contributed by atoms with van der Waals surface area (Å²) < 4.78 is 50.9. The first-order valence-corrected chi connectivity index (χ1v) is 12.3. The van der Waals surface area contributed by atoms with Gasteiger partial charge in [-0.05, 0) is 69.8 Å². The summed E-state index contributed by atoms with van der Waals surface area (Å²) in [7, 11) is 0. The molecule has 1 fully saturated rings. The SMILES string of the molecule is CSCN1C(=O)N(c2ccc(C#N)c(C(F)(F)F)c2)C(=O)C1(C)c1ccc(OC(=O)OC(C)(C)C)cc1. The second-order valence-electron chi connectivity index (χ2n) is 9.27. The molecule has 3 rings (SSSR count). The minimum atomic E-state index is -4.86. The highest BCUT2D eigenvalue weighted by Crippen LogP contribution is 2.42. The average molecular weight is 536 g/mol. The molecule has 1 heterocycles. The molecule has 0 bridgehead atoms. The maximum atomic E-state index is 13.7. The third-order valence-electron chi connectivity index (χ3n) is 5.53. The predicted octanol–water partition coefficient (Wildman–Crippen LogP) is 5.90. The van der Waals surface area contributed by atoms with Crippen LogP contribution in [0.1, 0.15) is 44.4 Å². The molecule has 1 unspecified atom stereocenters. The number of halogens is 3. The summed E-state index contributed by atoms with van der Waals surface area (Å²) in [5.74, 6) is -0.574. The first kappa shape index (κ1) is 27.9. The van der Waals surface area contributed by atoms with E-state index in [1.807, 2.05) is 0 Å². The van der Waals surface area contributed by atoms with E-state index in [1.54, 1.807) is 27.0 Å². The number of benzene rings is 2. The second kappa shape index (κ2) is 9.97. The normalized spacial score (nSPS) is 18.1. The monoisotopic (exact) mass is 535 g/mol. The van der Waals surface area contributed by atoms with E-state index in [2.05, 4.69) is 0 Å². The van der Waals surface area contributed by atoms with Crippen molar-refractivity contribution in [3.05, 3.63) is 59.2 Å². The molecule has 12 heteroatoms. The number of imide groups is 1. The second-order valence-corrected chi connectivity index (χ2v) is 10.1. The summed E-state index contributed by atoms with van der Waals surface area (Å²) in [5, 5.41) is 9.07. The van der Waals surface area contributed by atoms with Gasteiger partial charge < -0.3 is 9.47 Å². The van der Waals surface area contributed by atoms with Gasteiger partial charge in [-0.15, -0.1) is 11.8 Å². The van der Waals surface area contributed by atoms with Crippen molar-refractivity contribution < 1.29 is 37.0 Å². The van der Waals surface area contributed by atoms with Gasteiger partial charge in [0.2, 0.25) is 0 Å². The number of hydrogen-bond acceptors (Lipinski definition) is 7. The van der Waals surface area contributed by atoms with Crippen LogP contribution in [0.25, 0.3) is 0 Å². The Labute approximate surface area is 215 Å². The summed E-state index contributed by atoms with van der Waals surface area (Å²) >= 11 is 1.25. The first-order chi connectivity index (χ1) is 17.1. The fraction of sp³-hybridized carbons (Fsp3) is 0.360. The highest BCUT2D eigenvalue weighted by atomic mass is 32.2. The van der Waals surface area contributed by atoms with Crippen LogP contribution in [0.15, 0.2) is 42.5 Å². The van der Waals surface area contributed by atoms with Crippen molar-refractivity contribution in [3.8, 4) is 11.8 Å². The Morgan fingerprint density at radius 1 is 1.11 bits per heavy atom. The Hall–Kier alpha value is -3.72. The summed E-state index contributed by atoms with van der Waals surface area (Å²) in [6.45, 7) is 6.52. The molecule has 37 heavy (non-hydrogen) atoms. The molecule has 0 N–H and O–H groups in total. The summed E-state index contributed by atoms with van der Waals surface area (Å²) in [6, 6.07) is 9.16. The van der Waals surface area contributed by atoms with Crippen LogP contribution in [0.5, 0.6) is 5.75 Å². The molecule has 2 aromatic rings. The Balaban J connectivity index is 2.00. The van der Waals surface area contributed by atoms with Crippen molar-refractivity contribution in [1.82, 2.24) is 4.90 Å². The van der Waals surface area contributed by atoms with Crippen molar-refractivity contribution in [1.29, 1.82) is 5.26 Å². The molecule has 0 aromatic heterocycles. The van der Waals surface area contributed by atoms with Gasteiger partial charge in [0.25, 0.3) is 5.91 Å². The van der Waals surface area contributed by atoms with Crippen LogP contribution in [-0.4, -0.2) is 40.7 Å². The van der Waals surface area contributed by atoms with Crippen LogP contribution in [0, 0.1) is 11.3 Å². The number of urea groups is 1. The number of rotatable bonds is 5. The smallest absolute Gasteiger partial charge is 0.428 e. The van der Waals surface area contributed by atoms with Crippen LogP contribution in [0.2, 0.25) is 0 Å². The van der Waals surface area contributed by atoms with Crippen molar-refractivity contribution in [2.24, 2.45) is 0 Å². The fourth-order valence-electron chi connectivity index (χ4n) is 3.77. The largest absolute Gasteiger partial charge is 0.514 e. The molecule has 1 aliphatic heterocycles. The van der Waals surface area contributed by atoms with Crippen LogP contribution in [-0.2, 0) is 21.2 Å². The summed E-state index contributed by atoms with van der Waals surface area (Å²) in [6.07, 6.45) is -4.07. The third-order valence-corrected chi connectivity index (χ3v) is 6.05. The molecule has 0 aliphatic carbocycles. The van der Waals surface area contributed by atoms with E-state index >= 15 is 0 Å². The molecule has 2 aromatic carbocycles. The van der Waals surface area contributed by atoms with Gasteiger partial charge >= 0.3 is 18.4 Å². The van der Waals surface area contributed by atoms with Gasteiger partial charge in [0.05, 0.1) is 28.8 Å². The lowest BCUT2D eigenvalue weighted by atomic mass is 9.90. The van der Waals surface area contributed by atoms with Crippen LogP contribution >= 0.6 is 11.8 Å². The molecule has 0 saturated carbocycles. The minimum absolute atomic E-state index is 0.0656. The topological polar surface area (TPSA) is 99.9 Å². The van der Waals surface area contributed by atoms with Gasteiger partial charge in [0.15, 0.2) is 0 Å². The van der Waals surface area contributed by atoms with Crippen molar-refractivity contribution in [3.63, 3.8) is 0 Å². The maximum absolute atomic E-state index is 13.7. The first-order valence-electron chi connectivity index (χ1n) is 10.9. The van der Waals surface area contributed by atoms with E-state index in [0.29, 0.717) is 16.5 Å². The van der Waals surface area contributed by atoms with E-state index in [0.717, 1.165) is 12.1 Å². The quantitative estimate of drug-likeness (QED) is 0.267. The third kappa shape index (κ3) is 5.51. The predicted molar refractivity (Wildman–Crippen MR) is 130 cm³/mol. The average Bonchev–Trinajstić information content (AvgIpc) is 2.98. The summed E-state index contributed by atoms with van der Waals surface area (Å²) in [5.41, 5.74) is -4.16. The Bertz CT molecular complexity index is 1270. The molecule has 1 atom stereocenters. The van der Waals surface area contributed by atoms with Gasteiger partial charge in [0, 0.05) is 0 Å². The molecule has 8 nitrogen and oxygen atoms in total. The fourth-order valence-corrected chi connectivity index (χ4v) is 4.40. The van der Waals surface area contributed by atoms with E-state index in [4.69, 9.17) is 14.7 Å². The molecule has 1 aliphatic rings. The molecule has 1 saturated heterocycles. The van der Waals surface area contributed by atoms with Gasteiger partial charge in [-0.25, -0.2) is 14.5 Å². The van der Waals surface area contributed by atoms with E-state index < -0.39 is 46.5 Å². The number of carbonyl (C=O) groups excluding carboxylic acids is 3. The number of amides is 3. The van der Waals surface area contributed by atoms with Gasteiger partial charge in [0.1, 0.15) is 16.9 Å². The zero-order valence-corrected chi connectivity index (χ0v) is 21.5. The molecule has 0 radical (unpaired) electrons. The lowest BCUT2D eigenvalue weighted by molar-refractivity contribution is -0.137. The molecule has 3 amide bonds. The van der Waals surface area contributed by atoms with E-state index in [9.17, 15) is 27.6 Å². The van der Waals surface area contributed by atoms with Gasteiger partial charge in [-0.1, -0.05) is 12.1 Å². The molecule has 196 valence electrons. The number of thioether (sulfide) groups is 1. The number of ether oxygens (including phenoxy) is 2. The van der Waals surface area contributed by atoms with Crippen molar-refractivity contribution >= 4 is 35.5 Å². The maximum Gasteiger partial charge on any atom is 0.514 e. The van der Waals surface area contributed by atoms with Crippen LogP contribution < -0.4 is 9.64 Å². The Morgan fingerprint density at radius 3 is 2.24 bits per heavy atom. The highest BCUT2D eigenvalue weighted by Gasteiger charge is 2.56. The number of alkyl halides is 3. The van der Waals surface area contributed by atoms with Crippen molar-refractivity contribution in [2.75, 3.05) is 17.0 Å². The zero-order chi connectivity index (χ0) is 27.8. The van der Waals surface area contributed by atoms with Crippen LogP contribution in [0.3, 0.4) is 0 Å². The van der Waals surface area contributed by atoms with Gasteiger partial charge in [-0.3, -0.25) is 9.69 Å². The molecular formula is C25H24F3N3O5S. The summed E-state index contributed by atoms with van der Waals surface area (Å²) in [4.78, 5) is 40.9. The lowest BCUT2D eigenvalue weighted by Crippen LogP contribution is -2.44. The van der Waals surface area contributed by atoms with E-state index in [-0.39, 0.29) is 17.3 Å². The van der Waals surface area contributed by atoms with Gasteiger partial charge in [-0.2, -0.15) is 18.4 Å². The highest BCUT2D eigenvalue weighted by molar-refractivity contribution is 7.98. The molecule has 0 spiro atoms. The number of nitrogens with zero attached hydrogens (tertiary/aromatic N) is 3. The zero-order valence-electron chi connectivity index (χ0n) is 20.7. The Morgan fingerprint density at radius 2 is 1.73 bits per heavy atom. The lowest BCUT2D eigenvalue weighted by Gasteiger charge is -2.31. The standard InChI is InChI=1S/C25H24F3N3O5S/c1-23(2,3)36-22(34)35-18-10-7-16(8-11-18)24(4)20(32)31(21(33)30(24)14-37-5)17-9-6-15(13-29)19(12-17)25(26,27)28/h6-12H,14H2,1-5H3. The Kier molecular flexibility index (Phi) is 7.51. The van der Waals surface area contributed by atoms with Crippen LogP contribution in [0.4, 0.5) is 28.4 Å². The number of hydrogen-bond donors (Lipinski definition) is 0. The van der Waals surface area contributed by atoms with Crippen molar-refractivity contribution in [2.45, 2.75) is 45.0 Å². The molecular weight excluding hydrogens is 511 g/mol.